The lowest BCUT2D eigenvalue weighted by Crippen LogP contribution is -2.15. The first-order valence-electron chi connectivity index (χ1n) is 7.80. The Hall–Kier alpha value is -3.48. The molecule has 3 rings (SSSR count). The fourth-order valence-electron chi connectivity index (χ4n) is 2.19. The zero-order valence-corrected chi connectivity index (χ0v) is 13.6. The quantitative estimate of drug-likeness (QED) is 0.534. The molecule has 0 aliphatic heterocycles. The second kappa shape index (κ2) is 7.87. The standard InChI is InChI=1S/C18H17N5O2/c1-2-25-15-10-6-7-13(11-15)12-19-22-18-20-17(24)16(21-23-18)14-8-4-3-5-9-14/h3-12H,2H2,1H3,(H2,20,22,23,24)/b19-12+. The van der Waals surface area contributed by atoms with Crippen molar-refractivity contribution in [3.05, 3.63) is 70.5 Å². The molecule has 7 heteroatoms. The molecule has 2 aromatic carbocycles. The second-order valence-electron chi connectivity index (χ2n) is 5.09. The summed E-state index contributed by atoms with van der Waals surface area (Å²) in [6, 6.07) is 16.7. The second-order valence-corrected chi connectivity index (χ2v) is 5.09. The average molecular weight is 335 g/mol. The molecule has 0 bridgehead atoms. The minimum atomic E-state index is -0.336. The van der Waals surface area contributed by atoms with E-state index in [-0.39, 0.29) is 17.2 Å². The van der Waals surface area contributed by atoms with E-state index in [2.05, 4.69) is 25.7 Å². The van der Waals surface area contributed by atoms with Crippen LogP contribution in [0.25, 0.3) is 11.3 Å². The summed E-state index contributed by atoms with van der Waals surface area (Å²) in [6.45, 7) is 2.53. The van der Waals surface area contributed by atoms with Crippen LogP contribution < -0.4 is 15.7 Å². The van der Waals surface area contributed by atoms with Gasteiger partial charge in [-0.05, 0) is 24.6 Å². The van der Waals surface area contributed by atoms with Gasteiger partial charge in [0, 0.05) is 5.56 Å². The number of benzene rings is 2. The Morgan fingerprint density at radius 3 is 2.76 bits per heavy atom. The Balaban J connectivity index is 1.71. The molecule has 0 unspecified atom stereocenters. The van der Waals surface area contributed by atoms with Crippen LogP contribution in [0.5, 0.6) is 5.75 Å². The maximum Gasteiger partial charge on any atom is 0.279 e. The van der Waals surface area contributed by atoms with Gasteiger partial charge in [-0.1, -0.05) is 42.5 Å². The van der Waals surface area contributed by atoms with Crippen LogP contribution in [-0.4, -0.2) is 28.0 Å². The topological polar surface area (TPSA) is 92.3 Å². The highest BCUT2D eigenvalue weighted by atomic mass is 16.5. The Labute approximate surface area is 144 Å². The summed E-state index contributed by atoms with van der Waals surface area (Å²) in [4.78, 5) is 14.7. The van der Waals surface area contributed by atoms with Gasteiger partial charge in [0.25, 0.3) is 5.56 Å². The molecule has 25 heavy (non-hydrogen) atoms. The van der Waals surface area contributed by atoms with Crippen molar-refractivity contribution in [1.82, 2.24) is 15.2 Å². The number of rotatable bonds is 6. The van der Waals surface area contributed by atoms with Gasteiger partial charge in [-0.15, -0.1) is 10.2 Å². The highest BCUT2D eigenvalue weighted by molar-refractivity contribution is 5.80. The number of nitrogens with one attached hydrogen (secondary N) is 2. The monoisotopic (exact) mass is 335 g/mol. The number of H-pyrrole nitrogens is 1. The summed E-state index contributed by atoms with van der Waals surface area (Å²) in [7, 11) is 0. The number of aromatic nitrogens is 3. The molecule has 0 spiro atoms. The molecular formula is C18H17N5O2. The van der Waals surface area contributed by atoms with Crippen LogP contribution in [0.3, 0.4) is 0 Å². The lowest BCUT2D eigenvalue weighted by molar-refractivity contribution is 0.340. The van der Waals surface area contributed by atoms with Gasteiger partial charge in [0.15, 0.2) is 5.69 Å². The van der Waals surface area contributed by atoms with Crippen molar-refractivity contribution in [3.63, 3.8) is 0 Å². The van der Waals surface area contributed by atoms with E-state index >= 15 is 0 Å². The first-order chi connectivity index (χ1) is 12.3. The predicted octanol–water partition coefficient (Wildman–Crippen LogP) is 2.68. The summed E-state index contributed by atoms with van der Waals surface area (Å²) in [5.41, 5.74) is 4.15. The summed E-state index contributed by atoms with van der Waals surface area (Å²) in [6.07, 6.45) is 1.60. The minimum absolute atomic E-state index is 0.168. The molecule has 0 aliphatic carbocycles. The summed E-state index contributed by atoms with van der Waals surface area (Å²) < 4.78 is 5.43. The number of anilines is 1. The number of hydrogen-bond donors (Lipinski definition) is 2. The SMILES string of the molecule is CCOc1cccc(/C=N/Nc2nnc(-c3ccccc3)c(=O)[nH]2)c1. The first-order valence-corrected chi connectivity index (χ1v) is 7.80. The van der Waals surface area contributed by atoms with Crippen molar-refractivity contribution in [2.45, 2.75) is 6.92 Å². The molecule has 0 radical (unpaired) electrons. The lowest BCUT2D eigenvalue weighted by atomic mass is 10.2. The fourth-order valence-corrected chi connectivity index (χ4v) is 2.19. The van der Waals surface area contributed by atoms with Gasteiger partial charge in [0.1, 0.15) is 5.75 Å². The van der Waals surface area contributed by atoms with Crippen molar-refractivity contribution in [2.75, 3.05) is 12.0 Å². The third-order valence-electron chi connectivity index (χ3n) is 3.30. The molecule has 126 valence electrons. The largest absolute Gasteiger partial charge is 0.494 e. The van der Waals surface area contributed by atoms with Crippen molar-refractivity contribution >= 4 is 12.2 Å². The molecule has 0 fully saturated rings. The van der Waals surface area contributed by atoms with E-state index < -0.39 is 0 Å². The molecule has 7 nitrogen and oxygen atoms in total. The summed E-state index contributed by atoms with van der Waals surface area (Å²) >= 11 is 0. The molecule has 1 heterocycles. The van der Waals surface area contributed by atoms with Crippen molar-refractivity contribution in [1.29, 1.82) is 0 Å². The molecule has 0 amide bonds. The molecule has 0 saturated carbocycles. The van der Waals surface area contributed by atoms with Gasteiger partial charge in [-0.25, -0.2) is 5.43 Å². The number of hydrazone groups is 1. The van der Waals surface area contributed by atoms with Crippen LogP contribution in [0.4, 0.5) is 5.95 Å². The minimum Gasteiger partial charge on any atom is -0.494 e. The molecule has 1 aromatic heterocycles. The maximum atomic E-state index is 12.1. The molecular weight excluding hydrogens is 318 g/mol. The fraction of sp³-hybridized carbons (Fsp3) is 0.111. The third kappa shape index (κ3) is 4.29. The highest BCUT2D eigenvalue weighted by Gasteiger charge is 2.06. The van der Waals surface area contributed by atoms with Crippen LogP contribution in [0.2, 0.25) is 0 Å². The highest BCUT2D eigenvalue weighted by Crippen LogP contribution is 2.12. The van der Waals surface area contributed by atoms with E-state index in [0.717, 1.165) is 11.3 Å². The van der Waals surface area contributed by atoms with Crippen LogP contribution in [-0.2, 0) is 0 Å². The van der Waals surface area contributed by atoms with Crippen LogP contribution in [0, 0.1) is 0 Å². The van der Waals surface area contributed by atoms with Crippen molar-refractivity contribution < 1.29 is 4.74 Å². The average Bonchev–Trinajstić information content (AvgIpc) is 2.63. The Kier molecular flexibility index (Phi) is 5.16. The number of ether oxygens (including phenoxy) is 1. The Morgan fingerprint density at radius 2 is 2.00 bits per heavy atom. The van der Waals surface area contributed by atoms with Crippen molar-refractivity contribution in [3.8, 4) is 17.0 Å². The zero-order chi connectivity index (χ0) is 17.5. The van der Waals surface area contributed by atoms with Crippen LogP contribution in [0.15, 0.2) is 64.5 Å². The summed E-state index contributed by atoms with van der Waals surface area (Å²) in [5.74, 6) is 0.939. The van der Waals surface area contributed by atoms with E-state index in [1.54, 1.807) is 18.3 Å². The van der Waals surface area contributed by atoms with Crippen LogP contribution in [0.1, 0.15) is 12.5 Å². The zero-order valence-electron chi connectivity index (χ0n) is 13.6. The molecule has 0 atom stereocenters. The number of hydrogen-bond acceptors (Lipinski definition) is 6. The first kappa shape index (κ1) is 16.4. The van der Waals surface area contributed by atoms with Gasteiger partial charge in [-0.2, -0.15) is 5.10 Å². The van der Waals surface area contributed by atoms with Crippen molar-refractivity contribution in [2.24, 2.45) is 5.10 Å². The van der Waals surface area contributed by atoms with E-state index in [9.17, 15) is 4.79 Å². The summed E-state index contributed by atoms with van der Waals surface area (Å²) in [5, 5.41) is 12.0. The Morgan fingerprint density at radius 1 is 1.16 bits per heavy atom. The van der Waals surface area contributed by atoms with Gasteiger partial charge in [0.05, 0.1) is 12.8 Å². The number of nitrogens with zero attached hydrogens (tertiary/aromatic N) is 3. The third-order valence-corrected chi connectivity index (χ3v) is 3.30. The van der Waals surface area contributed by atoms with Crippen LogP contribution >= 0.6 is 0 Å². The molecule has 2 N–H and O–H groups in total. The van der Waals surface area contributed by atoms with E-state index in [1.807, 2.05) is 49.4 Å². The van der Waals surface area contributed by atoms with E-state index in [1.165, 1.54) is 0 Å². The van der Waals surface area contributed by atoms with E-state index in [4.69, 9.17) is 4.74 Å². The predicted molar refractivity (Wildman–Crippen MR) is 96.9 cm³/mol. The normalized spacial score (nSPS) is 10.8. The molecule has 0 saturated heterocycles. The Bertz CT molecular complexity index is 922. The van der Waals surface area contributed by atoms with Gasteiger partial charge in [0.2, 0.25) is 5.95 Å². The van der Waals surface area contributed by atoms with Gasteiger partial charge < -0.3 is 4.74 Å². The maximum absolute atomic E-state index is 12.1. The van der Waals surface area contributed by atoms with E-state index in [0.29, 0.717) is 12.2 Å². The molecule has 3 aromatic rings. The van der Waals surface area contributed by atoms with Gasteiger partial charge in [-0.3, -0.25) is 9.78 Å². The molecule has 0 aliphatic rings. The smallest absolute Gasteiger partial charge is 0.279 e. The lowest BCUT2D eigenvalue weighted by Gasteiger charge is -2.03. The number of aromatic amines is 1. The van der Waals surface area contributed by atoms with Gasteiger partial charge >= 0.3 is 0 Å².